The highest BCUT2D eigenvalue weighted by Gasteiger charge is 2.03. The number of rotatable bonds is 10. The van der Waals surface area contributed by atoms with E-state index in [4.69, 9.17) is 5.11 Å². The van der Waals surface area contributed by atoms with Gasteiger partial charge in [0.05, 0.1) is 0 Å². The zero-order valence-electron chi connectivity index (χ0n) is 13.3. The number of benzene rings is 1. The molecule has 0 spiro atoms. The van der Waals surface area contributed by atoms with Crippen molar-refractivity contribution in [3.05, 3.63) is 35.9 Å². The van der Waals surface area contributed by atoms with Crippen LogP contribution in [0.25, 0.3) is 0 Å². The number of carbonyl (C=O) groups excluding carboxylic acids is 1. The molecule has 1 aromatic rings. The normalized spacial score (nSPS) is 11.2. The molecule has 0 heterocycles. The van der Waals surface area contributed by atoms with Gasteiger partial charge in [0.2, 0.25) is 0 Å². The van der Waals surface area contributed by atoms with Crippen LogP contribution in [0.2, 0.25) is 0 Å². The van der Waals surface area contributed by atoms with Gasteiger partial charge < -0.3 is 15.2 Å². The highest BCUT2D eigenvalue weighted by Crippen LogP contribution is 2.05. The molecule has 0 aliphatic rings. The molecule has 0 aliphatic heterocycles. The van der Waals surface area contributed by atoms with Crippen LogP contribution in [0.15, 0.2) is 30.3 Å². The maximum Gasteiger partial charge on any atom is 0.293 e. The Morgan fingerprint density at radius 3 is 2.48 bits per heavy atom. The van der Waals surface area contributed by atoms with Crippen LogP contribution < -0.4 is 5.32 Å². The van der Waals surface area contributed by atoms with E-state index >= 15 is 0 Å². The molecule has 1 rings (SSSR count). The Balaban J connectivity index is 0.000000382. The Morgan fingerprint density at radius 1 is 1.24 bits per heavy atom. The molecule has 1 unspecified atom stereocenters. The van der Waals surface area contributed by atoms with Crippen LogP contribution in [0.1, 0.15) is 44.6 Å². The number of aliphatic hydroxyl groups excluding tert-OH is 1. The molecule has 0 aliphatic carbocycles. The van der Waals surface area contributed by atoms with E-state index in [1.54, 1.807) is 0 Å². The lowest BCUT2D eigenvalue weighted by atomic mass is 10.1. The molecule has 4 heteroatoms. The van der Waals surface area contributed by atoms with E-state index in [2.05, 4.69) is 17.0 Å². The third-order valence-electron chi connectivity index (χ3n) is 3.20. The van der Waals surface area contributed by atoms with Crippen LogP contribution in [-0.2, 0) is 16.1 Å². The first kappa shape index (κ1) is 19.6. The van der Waals surface area contributed by atoms with Crippen molar-refractivity contribution in [2.24, 2.45) is 0 Å². The summed E-state index contributed by atoms with van der Waals surface area (Å²) in [6.45, 7) is 3.33. The van der Waals surface area contributed by atoms with Crippen LogP contribution in [0.5, 0.6) is 0 Å². The second-order valence-corrected chi connectivity index (χ2v) is 4.89. The van der Waals surface area contributed by atoms with Crippen molar-refractivity contribution >= 4 is 6.47 Å². The Bertz CT molecular complexity index is 330. The first-order chi connectivity index (χ1) is 10.3. The van der Waals surface area contributed by atoms with Crippen molar-refractivity contribution in [1.82, 2.24) is 5.32 Å². The number of aliphatic hydroxyl groups is 1. The van der Waals surface area contributed by atoms with Gasteiger partial charge in [0.15, 0.2) is 0 Å². The molecule has 0 radical (unpaired) electrons. The highest BCUT2D eigenvalue weighted by molar-refractivity contribution is 5.37. The molecule has 120 valence electrons. The van der Waals surface area contributed by atoms with Gasteiger partial charge in [-0.2, -0.15) is 0 Å². The van der Waals surface area contributed by atoms with Crippen molar-refractivity contribution in [2.45, 2.75) is 51.7 Å². The minimum absolute atomic E-state index is 0.303. The van der Waals surface area contributed by atoms with Gasteiger partial charge in [-0.05, 0) is 25.5 Å². The van der Waals surface area contributed by atoms with Crippen molar-refractivity contribution in [3.63, 3.8) is 0 Å². The third kappa shape index (κ3) is 12.1. The van der Waals surface area contributed by atoms with Crippen LogP contribution >= 0.6 is 0 Å². The van der Waals surface area contributed by atoms with Gasteiger partial charge in [0.1, 0.15) is 6.61 Å². The fourth-order valence-corrected chi connectivity index (χ4v) is 1.93. The maximum atomic E-state index is 9.76. The maximum absolute atomic E-state index is 9.76. The predicted octanol–water partition coefficient (Wildman–Crippen LogP) is 2.90. The summed E-state index contributed by atoms with van der Waals surface area (Å²) in [5.74, 6) is 0. The van der Waals surface area contributed by atoms with Crippen LogP contribution in [0.4, 0.5) is 0 Å². The molecule has 2 N–H and O–H groups in total. The van der Waals surface area contributed by atoms with Gasteiger partial charge in [-0.1, -0.05) is 56.5 Å². The number of unbranched alkanes of at least 4 members (excludes halogenated alkanes) is 2. The number of ether oxygens (including phenoxy) is 1. The Morgan fingerprint density at radius 2 is 1.95 bits per heavy atom. The summed E-state index contributed by atoms with van der Waals surface area (Å²) >= 11 is 0. The fraction of sp³-hybridized carbons (Fsp3) is 0.588. The lowest BCUT2D eigenvalue weighted by molar-refractivity contribution is -0.129. The molecule has 1 aromatic carbocycles. The van der Waals surface area contributed by atoms with E-state index in [1.165, 1.54) is 25.7 Å². The molecule has 0 saturated heterocycles. The smallest absolute Gasteiger partial charge is 0.293 e. The molecule has 0 bridgehead atoms. The average molecular weight is 295 g/mol. The van der Waals surface area contributed by atoms with E-state index in [0.717, 1.165) is 12.0 Å². The number of nitrogens with one attached hydrogen (secondary N) is 1. The topological polar surface area (TPSA) is 58.6 Å². The Kier molecular flexibility index (Phi) is 14.0. The number of hydrogen-bond donors (Lipinski definition) is 2. The molecular weight excluding hydrogens is 266 g/mol. The average Bonchev–Trinajstić information content (AvgIpc) is 2.54. The molecule has 21 heavy (non-hydrogen) atoms. The predicted molar refractivity (Wildman–Crippen MR) is 86.0 cm³/mol. The van der Waals surface area contributed by atoms with E-state index in [9.17, 15) is 4.79 Å². The quantitative estimate of drug-likeness (QED) is 0.515. The van der Waals surface area contributed by atoms with Crippen LogP contribution in [0, 0.1) is 0 Å². The highest BCUT2D eigenvalue weighted by atomic mass is 16.5. The van der Waals surface area contributed by atoms with Gasteiger partial charge in [0.25, 0.3) is 6.47 Å². The van der Waals surface area contributed by atoms with Gasteiger partial charge in [0, 0.05) is 12.6 Å². The first-order valence-corrected chi connectivity index (χ1v) is 7.65. The number of carbonyl (C=O) groups is 1. The second-order valence-electron chi connectivity index (χ2n) is 4.89. The SMILES string of the molecule is CCCCCC(CCO)NC.O=COCc1ccccc1. The zero-order chi connectivity index (χ0) is 15.8. The molecule has 1 atom stereocenters. The van der Waals surface area contributed by atoms with Gasteiger partial charge in [-0.25, -0.2) is 0 Å². The van der Waals surface area contributed by atoms with E-state index in [0.29, 0.717) is 25.7 Å². The lowest BCUT2D eigenvalue weighted by Crippen LogP contribution is -2.25. The summed E-state index contributed by atoms with van der Waals surface area (Å²) in [4.78, 5) is 9.76. The molecule has 0 saturated carbocycles. The summed E-state index contributed by atoms with van der Waals surface area (Å²) in [6.07, 6.45) is 5.95. The number of hydrogen-bond acceptors (Lipinski definition) is 4. The second kappa shape index (κ2) is 15.0. The van der Waals surface area contributed by atoms with E-state index in [-0.39, 0.29) is 0 Å². The largest absolute Gasteiger partial charge is 0.463 e. The molecule has 0 aromatic heterocycles. The molecule has 0 amide bonds. The minimum Gasteiger partial charge on any atom is -0.463 e. The van der Waals surface area contributed by atoms with Crippen molar-refractivity contribution in [1.29, 1.82) is 0 Å². The van der Waals surface area contributed by atoms with Gasteiger partial charge in [-0.15, -0.1) is 0 Å². The summed E-state index contributed by atoms with van der Waals surface area (Å²) in [5, 5.41) is 11.9. The first-order valence-electron chi connectivity index (χ1n) is 7.65. The van der Waals surface area contributed by atoms with Crippen molar-refractivity contribution in [2.75, 3.05) is 13.7 Å². The molecule has 0 fully saturated rings. The fourth-order valence-electron chi connectivity index (χ4n) is 1.93. The van der Waals surface area contributed by atoms with Gasteiger partial charge >= 0.3 is 0 Å². The van der Waals surface area contributed by atoms with E-state index in [1.807, 2.05) is 37.4 Å². The van der Waals surface area contributed by atoms with Crippen molar-refractivity contribution < 1.29 is 14.6 Å². The third-order valence-corrected chi connectivity index (χ3v) is 3.20. The standard InChI is InChI=1S/C9H21NO.C8H8O2/c1-3-4-5-6-9(10-2)7-8-11;9-7-10-6-8-4-2-1-3-5-8/h9-11H,3-8H2,1-2H3;1-5,7H,6H2. The van der Waals surface area contributed by atoms with Gasteiger partial charge in [-0.3, -0.25) is 4.79 Å². The Labute approximate surface area is 128 Å². The zero-order valence-corrected chi connectivity index (χ0v) is 13.3. The van der Waals surface area contributed by atoms with Crippen LogP contribution in [-0.4, -0.2) is 31.3 Å². The summed E-state index contributed by atoms with van der Waals surface area (Å²) in [7, 11) is 1.96. The monoisotopic (exact) mass is 295 g/mol. The minimum atomic E-state index is 0.303. The van der Waals surface area contributed by atoms with Crippen LogP contribution in [0.3, 0.4) is 0 Å². The summed E-state index contributed by atoms with van der Waals surface area (Å²) < 4.78 is 4.54. The Hall–Kier alpha value is -1.39. The molecule has 4 nitrogen and oxygen atoms in total. The van der Waals surface area contributed by atoms with Crippen molar-refractivity contribution in [3.8, 4) is 0 Å². The summed E-state index contributed by atoms with van der Waals surface area (Å²) in [6, 6.07) is 10.1. The molecular formula is C17H29NO3. The summed E-state index contributed by atoms with van der Waals surface area (Å²) in [5.41, 5.74) is 1.01. The van der Waals surface area contributed by atoms with E-state index < -0.39 is 0 Å². The lowest BCUT2D eigenvalue weighted by Gasteiger charge is -2.13.